The topological polar surface area (TPSA) is 84.2 Å². The van der Waals surface area contributed by atoms with Crippen LogP contribution >= 0.6 is 11.3 Å². The molecule has 1 N–H and O–H groups in total. The van der Waals surface area contributed by atoms with E-state index in [9.17, 15) is 4.79 Å². The van der Waals surface area contributed by atoms with E-state index in [0.29, 0.717) is 22.2 Å². The Kier molecular flexibility index (Phi) is 3.53. The van der Waals surface area contributed by atoms with Crippen LogP contribution in [0.5, 0.6) is 11.5 Å². The van der Waals surface area contributed by atoms with E-state index in [1.54, 1.807) is 29.8 Å². The Balaban J connectivity index is 1.82. The summed E-state index contributed by atoms with van der Waals surface area (Å²) in [6.07, 6.45) is 3.07. The first-order valence-electron chi connectivity index (χ1n) is 5.98. The van der Waals surface area contributed by atoms with Crippen molar-refractivity contribution in [1.29, 1.82) is 5.26 Å². The normalized spacial score (nSPS) is 12.8. The maximum absolute atomic E-state index is 12.0. The van der Waals surface area contributed by atoms with Crippen LogP contribution in [0.2, 0.25) is 0 Å². The van der Waals surface area contributed by atoms with Crippen molar-refractivity contribution in [2.24, 2.45) is 0 Å². The summed E-state index contributed by atoms with van der Waals surface area (Å²) in [7, 11) is 0. The summed E-state index contributed by atoms with van der Waals surface area (Å²) < 4.78 is 10.5. The van der Waals surface area contributed by atoms with Gasteiger partial charge in [-0.1, -0.05) is 6.07 Å². The highest BCUT2D eigenvalue weighted by Crippen LogP contribution is 2.33. The molecule has 2 aromatic rings. The number of rotatable bonds is 3. The molecular formula is C14H9N3O3S. The van der Waals surface area contributed by atoms with Gasteiger partial charge in [0.2, 0.25) is 6.79 Å². The lowest BCUT2D eigenvalue weighted by atomic mass is 10.1. The molecule has 6 nitrogen and oxygen atoms in total. The van der Waals surface area contributed by atoms with E-state index in [4.69, 9.17) is 14.7 Å². The standard InChI is InChI=1S/C14H9N3O3S/c15-7-10(13(18)17-14-16-3-4-21-14)5-9-1-2-11-12(6-9)20-8-19-11/h1-6H,8H2,(H,16,17,18)/b10-5+. The number of carbonyl (C=O) groups is 1. The SMILES string of the molecule is N#C/C(=C\c1ccc2c(c1)OCO2)C(=O)Nc1nccs1. The van der Waals surface area contributed by atoms with Crippen LogP contribution in [0.25, 0.3) is 6.08 Å². The first-order chi connectivity index (χ1) is 10.3. The highest BCUT2D eigenvalue weighted by Gasteiger charge is 2.14. The summed E-state index contributed by atoms with van der Waals surface area (Å²) in [6, 6.07) is 7.09. The van der Waals surface area contributed by atoms with E-state index >= 15 is 0 Å². The Hall–Kier alpha value is -2.85. The highest BCUT2D eigenvalue weighted by molar-refractivity contribution is 7.13. The summed E-state index contributed by atoms with van der Waals surface area (Å²) in [6.45, 7) is 0.179. The molecule has 2 heterocycles. The van der Waals surface area contributed by atoms with Gasteiger partial charge in [-0.25, -0.2) is 4.98 Å². The number of benzene rings is 1. The van der Waals surface area contributed by atoms with Crippen molar-refractivity contribution >= 4 is 28.5 Å². The molecule has 0 spiro atoms. The average molecular weight is 299 g/mol. The molecule has 1 aliphatic rings. The Bertz CT molecular complexity index is 747. The second kappa shape index (κ2) is 5.64. The van der Waals surface area contributed by atoms with Crippen molar-refractivity contribution in [2.45, 2.75) is 0 Å². The molecule has 0 saturated carbocycles. The maximum Gasteiger partial charge on any atom is 0.268 e. The van der Waals surface area contributed by atoms with Crippen molar-refractivity contribution < 1.29 is 14.3 Å². The molecule has 3 rings (SSSR count). The van der Waals surface area contributed by atoms with Gasteiger partial charge in [-0.05, 0) is 23.8 Å². The van der Waals surface area contributed by atoms with Crippen molar-refractivity contribution in [1.82, 2.24) is 4.98 Å². The van der Waals surface area contributed by atoms with Crippen LogP contribution < -0.4 is 14.8 Å². The van der Waals surface area contributed by atoms with Gasteiger partial charge in [-0.15, -0.1) is 11.3 Å². The molecule has 104 valence electrons. The van der Waals surface area contributed by atoms with Gasteiger partial charge in [0.15, 0.2) is 16.6 Å². The van der Waals surface area contributed by atoms with Gasteiger partial charge in [0.1, 0.15) is 11.6 Å². The highest BCUT2D eigenvalue weighted by atomic mass is 32.1. The third-order valence-corrected chi connectivity index (χ3v) is 3.41. The minimum atomic E-state index is -0.495. The molecular weight excluding hydrogens is 290 g/mol. The zero-order valence-corrected chi connectivity index (χ0v) is 11.5. The lowest BCUT2D eigenvalue weighted by Gasteiger charge is -2.01. The molecule has 0 bridgehead atoms. The second-order valence-electron chi connectivity index (χ2n) is 4.07. The summed E-state index contributed by atoms with van der Waals surface area (Å²) in [4.78, 5) is 15.9. The van der Waals surface area contributed by atoms with E-state index in [1.807, 2.05) is 6.07 Å². The van der Waals surface area contributed by atoms with Gasteiger partial charge in [0.05, 0.1) is 0 Å². The molecule has 1 aliphatic heterocycles. The van der Waals surface area contributed by atoms with Gasteiger partial charge >= 0.3 is 0 Å². The smallest absolute Gasteiger partial charge is 0.268 e. The number of nitrogens with zero attached hydrogens (tertiary/aromatic N) is 2. The molecule has 1 amide bonds. The summed E-state index contributed by atoms with van der Waals surface area (Å²) in [5.74, 6) is 0.754. The maximum atomic E-state index is 12.0. The number of carbonyl (C=O) groups excluding carboxylic acids is 1. The molecule has 1 aromatic carbocycles. The molecule has 0 radical (unpaired) electrons. The van der Waals surface area contributed by atoms with Crippen LogP contribution in [0, 0.1) is 11.3 Å². The van der Waals surface area contributed by atoms with Crippen molar-refractivity contribution in [3.8, 4) is 17.6 Å². The fourth-order valence-corrected chi connectivity index (χ4v) is 2.29. The van der Waals surface area contributed by atoms with Crippen molar-refractivity contribution in [2.75, 3.05) is 12.1 Å². The second-order valence-corrected chi connectivity index (χ2v) is 4.97. The number of thiazole rings is 1. The largest absolute Gasteiger partial charge is 0.454 e. The molecule has 0 unspecified atom stereocenters. The Morgan fingerprint density at radius 3 is 3.05 bits per heavy atom. The zero-order chi connectivity index (χ0) is 14.7. The van der Waals surface area contributed by atoms with E-state index in [2.05, 4.69) is 10.3 Å². The van der Waals surface area contributed by atoms with Crippen LogP contribution in [0.15, 0.2) is 35.3 Å². The molecule has 1 aromatic heterocycles. The number of ether oxygens (including phenoxy) is 2. The summed E-state index contributed by atoms with van der Waals surface area (Å²) in [5.41, 5.74) is 0.675. The molecule has 0 saturated heterocycles. The minimum absolute atomic E-state index is 0.0101. The van der Waals surface area contributed by atoms with Crippen LogP contribution in [0.3, 0.4) is 0 Å². The number of nitrogens with one attached hydrogen (secondary N) is 1. The third-order valence-electron chi connectivity index (χ3n) is 2.73. The third kappa shape index (κ3) is 2.85. The first kappa shape index (κ1) is 13.1. The van der Waals surface area contributed by atoms with Gasteiger partial charge in [0, 0.05) is 11.6 Å². The van der Waals surface area contributed by atoms with Gasteiger partial charge < -0.3 is 9.47 Å². The van der Waals surface area contributed by atoms with Crippen LogP contribution in [-0.4, -0.2) is 17.7 Å². The van der Waals surface area contributed by atoms with Crippen molar-refractivity contribution in [3.63, 3.8) is 0 Å². The fraction of sp³-hybridized carbons (Fsp3) is 0.0714. The molecule has 0 atom stereocenters. The number of hydrogen-bond donors (Lipinski definition) is 1. The van der Waals surface area contributed by atoms with Crippen molar-refractivity contribution in [3.05, 3.63) is 40.9 Å². The quantitative estimate of drug-likeness (QED) is 0.695. The number of nitriles is 1. The molecule has 21 heavy (non-hydrogen) atoms. The predicted molar refractivity (Wildman–Crippen MR) is 76.9 cm³/mol. The number of anilines is 1. The van der Waals surface area contributed by atoms with E-state index in [0.717, 1.165) is 0 Å². The first-order valence-corrected chi connectivity index (χ1v) is 6.86. The van der Waals surface area contributed by atoms with Gasteiger partial charge in [-0.3, -0.25) is 10.1 Å². The van der Waals surface area contributed by atoms with Gasteiger partial charge in [0.25, 0.3) is 5.91 Å². The number of amides is 1. The van der Waals surface area contributed by atoms with Gasteiger partial charge in [-0.2, -0.15) is 5.26 Å². The molecule has 7 heteroatoms. The molecule has 0 fully saturated rings. The van der Waals surface area contributed by atoms with Crippen LogP contribution in [0.1, 0.15) is 5.56 Å². The van der Waals surface area contributed by atoms with E-state index < -0.39 is 5.91 Å². The Morgan fingerprint density at radius 1 is 1.43 bits per heavy atom. The number of fused-ring (bicyclic) bond motifs is 1. The molecule has 0 aliphatic carbocycles. The number of aromatic nitrogens is 1. The number of hydrogen-bond acceptors (Lipinski definition) is 6. The summed E-state index contributed by atoms with van der Waals surface area (Å²) in [5, 5.41) is 13.9. The van der Waals surface area contributed by atoms with E-state index in [1.165, 1.54) is 17.4 Å². The Morgan fingerprint density at radius 2 is 2.29 bits per heavy atom. The average Bonchev–Trinajstić information content (AvgIpc) is 3.14. The Labute approximate surface area is 124 Å². The monoisotopic (exact) mass is 299 g/mol. The zero-order valence-electron chi connectivity index (χ0n) is 10.7. The van der Waals surface area contributed by atoms with Crippen LogP contribution in [0.4, 0.5) is 5.13 Å². The minimum Gasteiger partial charge on any atom is -0.454 e. The lowest BCUT2D eigenvalue weighted by molar-refractivity contribution is -0.112. The van der Waals surface area contributed by atoms with E-state index in [-0.39, 0.29) is 12.4 Å². The predicted octanol–water partition coefficient (Wildman–Crippen LogP) is 2.42. The fourth-order valence-electron chi connectivity index (χ4n) is 1.77. The summed E-state index contributed by atoms with van der Waals surface area (Å²) >= 11 is 1.29. The lowest BCUT2D eigenvalue weighted by Crippen LogP contribution is -2.13. The van der Waals surface area contributed by atoms with Crippen LogP contribution in [-0.2, 0) is 4.79 Å².